The molecule has 118 valence electrons. The van der Waals surface area contributed by atoms with E-state index in [-0.39, 0.29) is 5.75 Å². The fourth-order valence-electron chi connectivity index (χ4n) is 3.23. The molecule has 1 saturated heterocycles. The van der Waals surface area contributed by atoms with Gasteiger partial charge in [0.1, 0.15) is 11.6 Å². The van der Waals surface area contributed by atoms with Gasteiger partial charge in [-0.2, -0.15) is 0 Å². The summed E-state index contributed by atoms with van der Waals surface area (Å²) in [6.45, 7) is 2.21. The number of rotatable bonds is 2. The van der Waals surface area contributed by atoms with E-state index in [9.17, 15) is 5.11 Å². The molecule has 2 aromatic heterocycles. The molecular weight excluding hydrogens is 288 g/mol. The highest BCUT2D eigenvalue weighted by Crippen LogP contribution is 2.28. The number of phenolic OH excluding ortho intramolecular Hbond substituents is 1. The highest BCUT2D eigenvalue weighted by Gasteiger charge is 2.21. The molecule has 1 aliphatic heterocycles. The number of H-pyrrole nitrogens is 1. The third kappa shape index (κ3) is 2.80. The molecule has 0 atom stereocenters. The number of hydrogen-bond donors (Lipinski definition) is 2. The number of aromatic amines is 1. The van der Waals surface area contributed by atoms with Gasteiger partial charge in [0.15, 0.2) is 0 Å². The zero-order valence-corrected chi connectivity index (χ0v) is 13.2. The van der Waals surface area contributed by atoms with E-state index in [1.807, 2.05) is 24.4 Å². The maximum absolute atomic E-state index is 9.64. The number of hydrogen-bond acceptors (Lipinski definition) is 4. The molecule has 3 heterocycles. The first kappa shape index (κ1) is 14.2. The molecule has 0 spiro atoms. The Kier molecular flexibility index (Phi) is 3.50. The lowest BCUT2D eigenvalue weighted by molar-refractivity contribution is 0.251. The standard InChI is InChI=1S/C18H20N4O/c1-22-7-5-12(6-8-22)18-19-11-17-16(21-18)10-15(20-17)13-3-2-4-14(23)9-13/h2-4,9-12,20,23H,5-8H2,1H3. The van der Waals surface area contributed by atoms with Crippen molar-refractivity contribution in [2.75, 3.05) is 20.1 Å². The van der Waals surface area contributed by atoms with Gasteiger partial charge in [-0.3, -0.25) is 0 Å². The van der Waals surface area contributed by atoms with Crippen molar-refractivity contribution in [3.8, 4) is 17.0 Å². The summed E-state index contributed by atoms with van der Waals surface area (Å²) < 4.78 is 0. The van der Waals surface area contributed by atoms with Crippen molar-refractivity contribution in [2.45, 2.75) is 18.8 Å². The predicted octanol–water partition coefficient (Wildman–Crippen LogP) is 3.14. The van der Waals surface area contributed by atoms with Gasteiger partial charge in [0.25, 0.3) is 0 Å². The number of aromatic hydroxyl groups is 1. The summed E-state index contributed by atoms with van der Waals surface area (Å²) in [6, 6.07) is 9.26. The zero-order chi connectivity index (χ0) is 15.8. The second-order valence-corrected chi connectivity index (χ2v) is 6.34. The van der Waals surface area contributed by atoms with Crippen molar-refractivity contribution < 1.29 is 5.11 Å². The minimum atomic E-state index is 0.263. The Hall–Kier alpha value is -2.40. The quantitative estimate of drug-likeness (QED) is 0.763. The Morgan fingerprint density at radius 2 is 2.04 bits per heavy atom. The second kappa shape index (κ2) is 5.66. The van der Waals surface area contributed by atoms with Crippen LogP contribution in [0.4, 0.5) is 0 Å². The smallest absolute Gasteiger partial charge is 0.132 e. The van der Waals surface area contributed by atoms with E-state index < -0.39 is 0 Å². The molecular formula is C18H20N4O. The topological polar surface area (TPSA) is 65.0 Å². The van der Waals surface area contributed by atoms with Gasteiger partial charge >= 0.3 is 0 Å². The first-order chi connectivity index (χ1) is 11.2. The van der Waals surface area contributed by atoms with Crippen molar-refractivity contribution in [2.24, 2.45) is 0 Å². The fourth-order valence-corrected chi connectivity index (χ4v) is 3.23. The Labute approximate surface area is 135 Å². The monoisotopic (exact) mass is 308 g/mol. The summed E-state index contributed by atoms with van der Waals surface area (Å²) >= 11 is 0. The average molecular weight is 308 g/mol. The lowest BCUT2D eigenvalue weighted by Gasteiger charge is -2.27. The van der Waals surface area contributed by atoms with Gasteiger partial charge in [0, 0.05) is 17.2 Å². The summed E-state index contributed by atoms with van der Waals surface area (Å²) in [7, 11) is 2.16. The van der Waals surface area contributed by atoms with Crippen molar-refractivity contribution >= 4 is 11.0 Å². The minimum Gasteiger partial charge on any atom is -0.508 e. The van der Waals surface area contributed by atoms with Crippen LogP contribution in [-0.4, -0.2) is 45.1 Å². The maximum Gasteiger partial charge on any atom is 0.132 e. The number of nitrogens with one attached hydrogen (secondary N) is 1. The van der Waals surface area contributed by atoms with Gasteiger partial charge in [-0.25, -0.2) is 9.97 Å². The van der Waals surface area contributed by atoms with E-state index in [1.165, 1.54) is 0 Å². The molecule has 3 aromatic rings. The van der Waals surface area contributed by atoms with Crippen LogP contribution in [0.1, 0.15) is 24.6 Å². The van der Waals surface area contributed by atoms with Gasteiger partial charge in [-0.05, 0) is 51.2 Å². The Morgan fingerprint density at radius 3 is 2.83 bits per heavy atom. The summed E-state index contributed by atoms with van der Waals surface area (Å²) in [6.07, 6.45) is 4.11. The summed E-state index contributed by atoms with van der Waals surface area (Å²) in [4.78, 5) is 15.0. The molecule has 0 saturated carbocycles. The predicted molar refractivity (Wildman–Crippen MR) is 90.5 cm³/mol. The molecule has 0 unspecified atom stereocenters. The largest absolute Gasteiger partial charge is 0.508 e. The number of fused-ring (bicyclic) bond motifs is 1. The van der Waals surface area contributed by atoms with Crippen molar-refractivity contribution in [3.05, 3.63) is 42.4 Å². The van der Waals surface area contributed by atoms with Crippen LogP contribution in [0.15, 0.2) is 36.5 Å². The fraction of sp³-hybridized carbons (Fsp3) is 0.333. The molecule has 0 aliphatic carbocycles. The molecule has 4 rings (SSSR count). The van der Waals surface area contributed by atoms with Crippen LogP contribution >= 0.6 is 0 Å². The molecule has 0 radical (unpaired) electrons. The minimum absolute atomic E-state index is 0.263. The molecule has 0 amide bonds. The molecule has 0 bridgehead atoms. The van der Waals surface area contributed by atoms with Gasteiger partial charge in [0.05, 0.1) is 17.2 Å². The number of likely N-dealkylation sites (tertiary alicyclic amines) is 1. The lowest BCUT2D eigenvalue weighted by atomic mass is 9.96. The van der Waals surface area contributed by atoms with Gasteiger partial charge in [-0.1, -0.05) is 12.1 Å². The van der Waals surface area contributed by atoms with E-state index in [2.05, 4.69) is 21.9 Å². The van der Waals surface area contributed by atoms with Crippen molar-refractivity contribution in [3.63, 3.8) is 0 Å². The maximum atomic E-state index is 9.64. The van der Waals surface area contributed by atoms with Crippen LogP contribution in [0.5, 0.6) is 5.75 Å². The Balaban J connectivity index is 1.67. The molecule has 5 heteroatoms. The number of piperidine rings is 1. The van der Waals surface area contributed by atoms with E-state index in [4.69, 9.17) is 4.98 Å². The van der Waals surface area contributed by atoms with Gasteiger partial charge in [0.2, 0.25) is 0 Å². The number of phenols is 1. The SMILES string of the molecule is CN1CCC(c2ncc3[nH]c(-c4cccc(O)c4)cc3n2)CC1. The molecule has 23 heavy (non-hydrogen) atoms. The average Bonchev–Trinajstić information content (AvgIpc) is 2.99. The van der Waals surface area contributed by atoms with E-state index in [0.717, 1.165) is 54.0 Å². The third-order valence-corrected chi connectivity index (χ3v) is 4.63. The first-order valence-corrected chi connectivity index (χ1v) is 8.02. The van der Waals surface area contributed by atoms with E-state index in [0.29, 0.717) is 5.92 Å². The molecule has 1 aromatic carbocycles. The first-order valence-electron chi connectivity index (χ1n) is 8.02. The molecule has 1 aliphatic rings. The third-order valence-electron chi connectivity index (χ3n) is 4.63. The molecule has 1 fully saturated rings. The van der Waals surface area contributed by atoms with Crippen LogP contribution in [0.3, 0.4) is 0 Å². The summed E-state index contributed by atoms with van der Waals surface area (Å²) in [5.74, 6) is 1.67. The summed E-state index contributed by atoms with van der Waals surface area (Å²) in [5.41, 5.74) is 3.77. The van der Waals surface area contributed by atoms with Gasteiger partial charge in [-0.15, -0.1) is 0 Å². The van der Waals surface area contributed by atoms with Crippen LogP contribution in [0.2, 0.25) is 0 Å². The van der Waals surface area contributed by atoms with E-state index in [1.54, 1.807) is 12.1 Å². The van der Waals surface area contributed by atoms with E-state index >= 15 is 0 Å². The highest BCUT2D eigenvalue weighted by atomic mass is 16.3. The van der Waals surface area contributed by atoms with Gasteiger partial charge < -0.3 is 15.0 Å². The highest BCUT2D eigenvalue weighted by molar-refractivity contribution is 5.82. The van der Waals surface area contributed by atoms with Crippen LogP contribution in [0, 0.1) is 0 Å². The second-order valence-electron chi connectivity index (χ2n) is 6.34. The summed E-state index contributed by atoms with van der Waals surface area (Å²) in [5, 5.41) is 9.64. The number of benzene rings is 1. The molecule has 2 N–H and O–H groups in total. The zero-order valence-electron chi connectivity index (χ0n) is 13.2. The number of aromatic nitrogens is 3. The molecule has 5 nitrogen and oxygen atoms in total. The van der Waals surface area contributed by atoms with Crippen molar-refractivity contribution in [1.29, 1.82) is 0 Å². The normalized spacial score (nSPS) is 16.9. The lowest BCUT2D eigenvalue weighted by Crippen LogP contribution is -2.29. The number of nitrogens with zero attached hydrogens (tertiary/aromatic N) is 3. The van der Waals surface area contributed by atoms with Crippen LogP contribution in [-0.2, 0) is 0 Å². The Morgan fingerprint density at radius 1 is 1.22 bits per heavy atom. The van der Waals surface area contributed by atoms with Crippen molar-refractivity contribution in [1.82, 2.24) is 19.9 Å². The Bertz CT molecular complexity index is 834. The van der Waals surface area contributed by atoms with Crippen LogP contribution in [0.25, 0.3) is 22.3 Å². The van der Waals surface area contributed by atoms with Crippen LogP contribution < -0.4 is 0 Å².